The van der Waals surface area contributed by atoms with Crippen LogP contribution >= 0.6 is 11.3 Å². The van der Waals surface area contributed by atoms with Crippen LogP contribution in [0.3, 0.4) is 0 Å². The Bertz CT molecular complexity index is 751. The number of aromatic nitrogens is 1. The van der Waals surface area contributed by atoms with Crippen LogP contribution in [-0.2, 0) is 16.6 Å². The molecule has 21 heavy (non-hydrogen) atoms. The summed E-state index contributed by atoms with van der Waals surface area (Å²) in [6.45, 7) is 2.03. The summed E-state index contributed by atoms with van der Waals surface area (Å²) in [5.41, 5.74) is 0.734. The van der Waals surface area contributed by atoms with Gasteiger partial charge in [-0.1, -0.05) is 0 Å². The third-order valence-electron chi connectivity index (χ3n) is 2.86. The van der Waals surface area contributed by atoms with Crippen molar-refractivity contribution in [2.45, 2.75) is 18.4 Å². The summed E-state index contributed by atoms with van der Waals surface area (Å²) >= 11 is 1.46. The van der Waals surface area contributed by atoms with Crippen molar-refractivity contribution in [3.8, 4) is 0 Å². The van der Waals surface area contributed by atoms with Gasteiger partial charge in [-0.25, -0.2) is 18.2 Å². The number of carboxylic acids is 1. The first-order valence-corrected chi connectivity index (χ1v) is 8.33. The van der Waals surface area contributed by atoms with Crippen molar-refractivity contribution in [3.05, 3.63) is 45.9 Å². The first-order valence-electron chi connectivity index (χ1n) is 6.01. The topological polar surface area (TPSA) is 87.6 Å². The number of sulfonamides is 1. The van der Waals surface area contributed by atoms with E-state index in [2.05, 4.69) is 4.98 Å². The summed E-state index contributed by atoms with van der Waals surface area (Å²) in [6, 6.07) is 5.13. The number of aryl methyl sites for hydroxylation is 1. The molecular weight excluding hydrogens is 312 g/mol. The standard InChI is InChI=1S/C13H14N2O4S2/c1-9-14-11(8-20-9)7-15(2)21(18,19)12-5-3-10(4-6-12)13(16)17/h3-6,8H,7H2,1-2H3,(H,16,17). The first-order chi connectivity index (χ1) is 9.80. The Morgan fingerprint density at radius 3 is 2.43 bits per heavy atom. The normalized spacial score (nSPS) is 11.8. The Balaban J connectivity index is 2.22. The highest BCUT2D eigenvalue weighted by atomic mass is 32.2. The van der Waals surface area contributed by atoms with Gasteiger partial charge in [-0.2, -0.15) is 4.31 Å². The number of rotatable bonds is 5. The second kappa shape index (κ2) is 5.92. The van der Waals surface area contributed by atoms with Gasteiger partial charge in [0.15, 0.2) is 0 Å². The molecule has 1 aromatic heterocycles. The van der Waals surface area contributed by atoms with Crippen molar-refractivity contribution in [2.75, 3.05) is 7.05 Å². The molecule has 0 saturated heterocycles. The number of thiazole rings is 1. The molecule has 2 aromatic rings. The SMILES string of the molecule is Cc1nc(CN(C)S(=O)(=O)c2ccc(C(=O)O)cc2)cs1. The smallest absolute Gasteiger partial charge is 0.335 e. The molecule has 1 heterocycles. The number of hydrogen-bond acceptors (Lipinski definition) is 5. The van der Waals surface area contributed by atoms with Gasteiger partial charge in [0.05, 0.1) is 27.7 Å². The van der Waals surface area contributed by atoms with E-state index in [0.29, 0.717) is 5.69 Å². The Morgan fingerprint density at radius 2 is 1.95 bits per heavy atom. The highest BCUT2D eigenvalue weighted by Gasteiger charge is 2.22. The lowest BCUT2D eigenvalue weighted by Gasteiger charge is -2.16. The number of carbonyl (C=O) groups is 1. The molecule has 0 aliphatic heterocycles. The van der Waals surface area contributed by atoms with Gasteiger partial charge in [-0.15, -0.1) is 11.3 Å². The Hall–Kier alpha value is -1.77. The summed E-state index contributed by atoms with van der Waals surface area (Å²) in [4.78, 5) is 15.1. The monoisotopic (exact) mass is 326 g/mol. The van der Waals surface area contributed by atoms with E-state index >= 15 is 0 Å². The Labute approximate surface area is 126 Å². The Kier molecular flexibility index (Phi) is 4.40. The van der Waals surface area contributed by atoms with Gasteiger partial charge in [-0.05, 0) is 31.2 Å². The van der Waals surface area contributed by atoms with E-state index in [4.69, 9.17) is 5.11 Å². The van der Waals surface area contributed by atoms with Gasteiger partial charge in [0, 0.05) is 12.4 Å². The average Bonchev–Trinajstić information content (AvgIpc) is 2.84. The van der Waals surface area contributed by atoms with Crippen LogP contribution in [0.5, 0.6) is 0 Å². The lowest BCUT2D eigenvalue weighted by atomic mass is 10.2. The van der Waals surface area contributed by atoms with Crippen LogP contribution in [0, 0.1) is 6.92 Å². The van der Waals surface area contributed by atoms with Crippen LogP contribution in [0.25, 0.3) is 0 Å². The Morgan fingerprint density at radius 1 is 1.33 bits per heavy atom. The van der Waals surface area contributed by atoms with Crippen LogP contribution in [0.1, 0.15) is 21.1 Å². The number of carboxylic acid groups (broad SMARTS) is 1. The molecule has 0 spiro atoms. The minimum absolute atomic E-state index is 0.0479. The maximum Gasteiger partial charge on any atom is 0.335 e. The van der Waals surface area contributed by atoms with E-state index in [9.17, 15) is 13.2 Å². The largest absolute Gasteiger partial charge is 0.478 e. The fourth-order valence-electron chi connectivity index (χ4n) is 1.74. The summed E-state index contributed by atoms with van der Waals surface area (Å²) in [5.74, 6) is -1.09. The van der Waals surface area contributed by atoms with E-state index in [0.717, 1.165) is 5.01 Å². The zero-order chi connectivity index (χ0) is 15.6. The fraction of sp³-hybridized carbons (Fsp3) is 0.231. The van der Waals surface area contributed by atoms with Gasteiger partial charge in [0.1, 0.15) is 0 Å². The van der Waals surface area contributed by atoms with Crippen LogP contribution in [0.4, 0.5) is 0 Å². The minimum atomic E-state index is -3.67. The van der Waals surface area contributed by atoms with E-state index in [1.807, 2.05) is 12.3 Å². The van der Waals surface area contributed by atoms with Crippen molar-refractivity contribution < 1.29 is 18.3 Å². The maximum absolute atomic E-state index is 12.4. The molecule has 0 aliphatic rings. The summed E-state index contributed by atoms with van der Waals surface area (Å²) < 4.78 is 25.9. The molecule has 0 fully saturated rings. The second-order valence-corrected chi connectivity index (χ2v) is 7.56. The molecule has 0 aliphatic carbocycles. The molecular formula is C13H14N2O4S2. The van der Waals surface area contributed by atoms with Gasteiger partial charge < -0.3 is 5.11 Å². The van der Waals surface area contributed by atoms with Crippen molar-refractivity contribution in [1.82, 2.24) is 9.29 Å². The highest BCUT2D eigenvalue weighted by Crippen LogP contribution is 2.18. The predicted molar refractivity (Wildman–Crippen MR) is 78.9 cm³/mol. The molecule has 6 nitrogen and oxygen atoms in total. The molecule has 1 N–H and O–H groups in total. The highest BCUT2D eigenvalue weighted by molar-refractivity contribution is 7.89. The van der Waals surface area contributed by atoms with Gasteiger partial charge in [0.2, 0.25) is 10.0 Å². The van der Waals surface area contributed by atoms with Crippen LogP contribution in [-0.4, -0.2) is 35.8 Å². The summed E-state index contributed by atoms with van der Waals surface area (Å²) in [7, 11) is -2.20. The van der Waals surface area contributed by atoms with Gasteiger partial charge in [-0.3, -0.25) is 0 Å². The van der Waals surface area contributed by atoms with E-state index in [1.165, 1.54) is 47.0 Å². The van der Waals surface area contributed by atoms with Gasteiger partial charge >= 0.3 is 5.97 Å². The molecule has 112 valence electrons. The molecule has 0 unspecified atom stereocenters. The van der Waals surface area contributed by atoms with E-state index < -0.39 is 16.0 Å². The first kappa shape index (κ1) is 15.6. The molecule has 2 rings (SSSR count). The quantitative estimate of drug-likeness (QED) is 0.907. The third-order valence-corrected chi connectivity index (χ3v) is 5.50. The molecule has 0 radical (unpaired) electrons. The summed E-state index contributed by atoms with van der Waals surface area (Å²) in [5, 5.41) is 11.5. The molecule has 0 atom stereocenters. The lowest BCUT2D eigenvalue weighted by Crippen LogP contribution is -2.26. The van der Waals surface area contributed by atoms with Gasteiger partial charge in [0.25, 0.3) is 0 Å². The third kappa shape index (κ3) is 3.46. The molecule has 8 heteroatoms. The molecule has 1 aromatic carbocycles. The minimum Gasteiger partial charge on any atom is -0.478 e. The molecule has 0 saturated carbocycles. The molecule has 0 amide bonds. The number of hydrogen-bond donors (Lipinski definition) is 1. The average molecular weight is 326 g/mol. The van der Waals surface area contributed by atoms with Crippen LogP contribution < -0.4 is 0 Å². The fourth-order valence-corrected chi connectivity index (χ4v) is 3.49. The van der Waals surface area contributed by atoms with Crippen molar-refractivity contribution in [1.29, 1.82) is 0 Å². The predicted octanol–water partition coefficient (Wildman–Crippen LogP) is 1.97. The summed E-state index contributed by atoms with van der Waals surface area (Å²) in [6.07, 6.45) is 0. The zero-order valence-electron chi connectivity index (χ0n) is 11.5. The van der Waals surface area contributed by atoms with Crippen molar-refractivity contribution in [3.63, 3.8) is 0 Å². The number of aromatic carboxylic acids is 1. The number of nitrogens with zero attached hydrogens (tertiary/aromatic N) is 2. The van der Waals surface area contributed by atoms with Crippen LogP contribution in [0.15, 0.2) is 34.5 Å². The van der Waals surface area contributed by atoms with Crippen LogP contribution in [0.2, 0.25) is 0 Å². The lowest BCUT2D eigenvalue weighted by molar-refractivity contribution is 0.0696. The number of benzene rings is 1. The van der Waals surface area contributed by atoms with Crippen molar-refractivity contribution in [2.24, 2.45) is 0 Å². The van der Waals surface area contributed by atoms with Crippen molar-refractivity contribution >= 4 is 27.3 Å². The zero-order valence-corrected chi connectivity index (χ0v) is 13.1. The van der Waals surface area contributed by atoms with E-state index in [-0.39, 0.29) is 17.0 Å². The maximum atomic E-state index is 12.4. The van der Waals surface area contributed by atoms with E-state index in [1.54, 1.807) is 0 Å². The second-order valence-electron chi connectivity index (χ2n) is 4.45. The molecule has 0 bridgehead atoms.